The maximum absolute atomic E-state index is 12.9. The fourth-order valence-corrected chi connectivity index (χ4v) is 3.27. The van der Waals surface area contributed by atoms with Crippen molar-refractivity contribution in [2.75, 3.05) is 18.4 Å². The molecule has 1 fully saturated rings. The maximum atomic E-state index is 12.9. The fourth-order valence-electron chi connectivity index (χ4n) is 3.27. The number of carbonyl (C=O) groups is 2. The largest absolute Gasteiger partial charge is 0.342 e. The number of amides is 3. The summed E-state index contributed by atoms with van der Waals surface area (Å²) in [7, 11) is 0. The summed E-state index contributed by atoms with van der Waals surface area (Å²) < 4.78 is 12.9. The van der Waals surface area contributed by atoms with E-state index in [4.69, 9.17) is 0 Å². The summed E-state index contributed by atoms with van der Waals surface area (Å²) in [5, 5.41) is 16.6. The van der Waals surface area contributed by atoms with Crippen molar-refractivity contribution in [3.05, 3.63) is 70.0 Å². The number of para-hydroxylation sites is 1. The van der Waals surface area contributed by atoms with Gasteiger partial charge in [0, 0.05) is 36.4 Å². The molecular formula is C20H21FN4O4. The summed E-state index contributed by atoms with van der Waals surface area (Å²) in [6.07, 6.45) is 1.14. The van der Waals surface area contributed by atoms with Gasteiger partial charge < -0.3 is 15.5 Å². The number of hydrogen-bond donors (Lipinski definition) is 2. The Labute approximate surface area is 166 Å². The predicted octanol–water partition coefficient (Wildman–Crippen LogP) is 3.09. The van der Waals surface area contributed by atoms with Gasteiger partial charge in [-0.3, -0.25) is 14.9 Å². The SMILES string of the molecule is O=C(Nc1ccc(F)cc1)NC1CCN(C(=O)Cc2ccccc2[N+](=O)[O-])CC1. The van der Waals surface area contributed by atoms with Crippen LogP contribution in [-0.4, -0.2) is 40.9 Å². The smallest absolute Gasteiger partial charge is 0.319 e. The highest BCUT2D eigenvalue weighted by Crippen LogP contribution is 2.20. The van der Waals surface area contributed by atoms with Crippen LogP contribution in [0.2, 0.25) is 0 Å². The third kappa shape index (κ3) is 5.50. The van der Waals surface area contributed by atoms with Crippen LogP contribution in [0.5, 0.6) is 0 Å². The van der Waals surface area contributed by atoms with Gasteiger partial charge in [-0.25, -0.2) is 9.18 Å². The first-order valence-electron chi connectivity index (χ1n) is 9.25. The quantitative estimate of drug-likeness (QED) is 0.594. The second-order valence-electron chi connectivity index (χ2n) is 6.82. The predicted molar refractivity (Wildman–Crippen MR) is 105 cm³/mol. The highest BCUT2D eigenvalue weighted by atomic mass is 19.1. The van der Waals surface area contributed by atoms with Crippen molar-refractivity contribution in [3.63, 3.8) is 0 Å². The number of hydrogen-bond acceptors (Lipinski definition) is 4. The van der Waals surface area contributed by atoms with E-state index in [0.717, 1.165) is 0 Å². The first kappa shape index (κ1) is 20.2. The van der Waals surface area contributed by atoms with E-state index in [9.17, 15) is 24.1 Å². The van der Waals surface area contributed by atoms with E-state index in [2.05, 4.69) is 10.6 Å². The summed E-state index contributed by atoms with van der Waals surface area (Å²) in [6, 6.07) is 11.2. The van der Waals surface area contributed by atoms with Crippen molar-refractivity contribution in [1.82, 2.24) is 10.2 Å². The van der Waals surface area contributed by atoms with Crippen molar-refractivity contribution >= 4 is 23.3 Å². The molecule has 0 aromatic heterocycles. The number of piperidine rings is 1. The van der Waals surface area contributed by atoms with Crippen LogP contribution in [0.4, 0.5) is 20.6 Å². The lowest BCUT2D eigenvalue weighted by molar-refractivity contribution is -0.385. The van der Waals surface area contributed by atoms with Crippen molar-refractivity contribution in [1.29, 1.82) is 0 Å². The van der Waals surface area contributed by atoms with Gasteiger partial charge in [-0.05, 0) is 37.1 Å². The minimum absolute atomic E-state index is 0.0275. The van der Waals surface area contributed by atoms with E-state index < -0.39 is 4.92 Å². The molecule has 8 nitrogen and oxygen atoms in total. The normalized spacial score (nSPS) is 14.3. The van der Waals surface area contributed by atoms with E-state index in [-0.39, 0.29) is 35.9 Å². The average molecular weight is 400 g/mol. The summed E-state index contributed by atoms with van der Waals surface area (Å²) in [5.74, 6) is -0.553. The van der Waals surface area contributed by atoms with Crippen LogP contribution >= 0.6 is 0 Å². The number of halogens is 1. The second-order valence-corrected chi connectivity index (χ2v) is 6.82. The van der Waals surface area contributed by atoms with E-state index >= 15 is 0 Å². The van der Waals surface area contributed by atoms with Crippen molar-refractivity contribution < 1.29 is 18.9 Å². The van der Waals surface area contributed by atoms with Crippen LogP contribution in [0.3, 0.4) is 0 Å². The molecule has 0 radical (unpaired) electrons. The molecule has 9 heteroatoms. The lowest BCUT2D eigenvalue weighted by Crippen LogP contribution is -2.47. The number of nitro benzene ring substituents is 1. The highest BCUT2D eigenvalue weighted by molar-refractivity contribution is 5.89. The van der Waals surface area contributed by atoms with Gasteiger partial charge in [-0.15, -0.1) is 0 Å². The number of nitrogens with one attached hydrogen (secondary N) is 2. The van der Waals surface area contributed by atoms with Crippen LogP contribution in [0.25, 0.3) is 0 Å². The average Bonchev–Trinajstić information content (AvgIpc) is 2.70. The molecule has 3 rings (SSSR count). The Morgan fingerprint density at radius 1 is 1.10 bits per heavy atom. The summed E-state index contributed by atoms with van der Waals surface area (Å²) in [4.78, 5) is 36.8. The molecule has 0 aliphatic carbocycles. The molecule has 3 amide bonds. The number of anilines is 1. The van der Waals surface area contributed by atoms with E-state index in [0.29, 0.717) is 37.2 Å². The van der Waals surface area contributed by atoms with Gasteiger partial charge in [0.25, 0.3) is 5.69 Å². The first-order chi connectivity index (χ1) is 13.9. The monoisotopic (exact) mass is 400 g/mol. The molecule has 1 saturated heterocycles. The van der Waals surface area contributed by atoms with Gasteiger partial charge in [0.15, 0.2) is 0 Å². The standard InChI is InChI=1S/C20H21FN4O4/c21-15-5-7-16(8-6-15)22-20(27)23-17-9-11-24(12-10-17)19(26)13-14-3-1-2-4-18(14)25(28)29/h1-8,17H,9-13H2,(H2,22,23,27). The zero-order valence-electron chi connectivity index (χ0n) is 15.6. The number of urea groups is 1. The third-order valence-electron chi connectivity index (χ3n) is 4.81. The number of nitrogens with zero attached hydrogens (tertiary/aromatic N) is 2. The number of carbonyl (C=O) groups excluding carboxylic acids is 2. The summed E-state index contributed by atoms with van der Waals surface area (Å²) in [6.45, 7) is 0.919. The molecule has 1 aliphatic heterocycles. The Morgan fingerprint density at radius 2 is 1.76 bits per heavy atom. The first-order valence-corrected chi connectivity index (χ1v) is 9.25. The molecule has 1 aliphatic rings. The molecule has 2 N–H and O–H groups in total. The Hall–Kier alpha value is -3.49. The molecule has 29 heavy (non-hydrogen) atoms. The second kappa shape index (κ2) is 9.13. The summed E-state index contributed by atoms with van der Waals surface area (Å²) in [5.41, 5.74) is 0.817. The third-order valence-corrected chi connectivity index (χ3v) is 4.81. The molecule has 0 spiro atoms. The fraction of sp³-hybridized carbons (Fsp3) is 0.300. The zero-order valence-corrected chi connectivity index (χ0v) is 15.6. The number of rotatable bonds is 5. The number of benzene rings is 2. The van der Waals surface area contributed by atoms with Crippen molar-refractivity contribution in [2.45, 2.75) is 25.3 Å². The van der Waals surface area contributed by atoms with E-state index in [1.807, 2.05) is 0 Å². The van der Waals surface area contributed by atoms with Gasteiger partial charge in [0.1, 0.15) is 5.82 Å². The molecule has 2 aromatic rings. The Balaban J connectivity index is 1.47. The minimum Gasteiger partial charge on any atom is -0.342 e. The Morgan fingerprint density at radius 3 is 2.41 bits per heavy atom. The molecule has 0 saturated carbocycles. The van der Waals surface area contributed by atoms with Crippen LogP contribution in [-0.2, 0) is 11.2 Å². The van der Waals surface area contributed by atoms with Crippen LogP contribution < -0.4 is 10.6 Å². The Kier molecular flexibility index (Phi) is 6.38. The molecule has 0 bridgehead atoms. The lowest BCUT2D eigenvalue weighted by Gasteiger charge is -2.32. The molecule has 2 aromatic carbocycles. The highest BCUT2D eigenvalue weighted by Gasteiger charge is 2.25. The zero-order chi connectivity index (χ0) is 20.8. The summed E-state index contributed by atoms with van der Waals surface area (Å²) >= 11 is 0. The maximum Gasteiger partial charge on any atom is 0.319 e. The van der Waals surface area contributed by atoms with E-state index in [1.165, 1.54) is 30.3 Å². The Bertz CT molecular complexity index is 896. The van der Waals surface area contributed by atoms with Gasteiger partial charge >= 0.3 is 6.03 Å². The minimum atomic E-state index is -0.488. The van der Waals surface area contributed by atoms with Gasteiger partial charge in [0.05, 0.1) is 11.3 Å². The van der Waals surface area contributed by atoms with Gasteiger partial charge in [-0.1, -0.05) is 18.2 Å². The van der Waals surface area contributed by atoms with Crippen molar-refractivity contribution in [3.8, 4) is 0 Å². The van der Waals surface area contributed by atoms with Crippen LogP contribution in [0.1, 0.15) is 18.4 Å². The molecule has 152 valence electrons. The molecular weight excluding hydrogens is 379 g/mol. The molecule has 0 unspecified atom stereocenters. The van der Waals surface area contributed by atoms with Crippen LogP contribution in [0.15, 0.2) is 48.5 Å². The topological polar surface area (TPSA) is 105 Å². The van der Waals surface area contributed by atoms with E-state index in [1.54, 1.807) is 23.1 Å². The lowest BCUT2D eigenvalue weighted by atomic mass is 10.0. The number of nitro groups is 1. The molecule has 1 heterocycles. The van der Waals surface area contributed by atoms with Crippen molar-refractivity contribution in [2.24, 2.45) is 0 Å². The van der Waals surface area contributed by atoms with Crippen LogP contribution in [0, 0.1) is 15.9 Å². The number of likely N-dealkylation sites (tertiary alicyclic amines) is 1. The van der Waals surface area contributed by atoms with Gasteiger partial charge in [-0.2, -0.15) is 0 Å². The molecule has 0 atom stereocenters. The van der Waals surface area contributed by atoms with Gasteiger partial charge in [0.2, 0.25) is 5.91 Å².